The SMILES string of the molecule is CCCNc1cccc(CSCCCO)n1. The summed E-state index contributed by atoms with van der Waals surface area (Å²) in [5.41, 5.74) is 1.10. The number of nitrogens with one attached hydrogen (secondary N) is 1. The molecule has 1 aromatic rings. The van der Waals surface area contributed by atoms with Gasteiger partial charge in [0.15, 0.2) is 0 Å². The average Bonchev–Trinajstić information content (AvgIpc) is 2.33. The molecule has 0 spiro atoms. The molecule has 0 amide bonds. The van der Waals surface area contributed by atoms with Crippen molar-refractivity contribution in [2.24, 2.45) is 0 Å². The molecule has 1 rings (SSSR count). The summed E-state index contributed by atoms with van der Waals surface area (Å²) >= 11 is 1.81. The largest absolute Gasteiger partial charge is 0.396 e. The number of aliphatic hydroxyl groups excluding tert-OH is 1. The second-order valence-electron chi connectivity index (χ2n) is 3.57. The van der Waals surface area contributed by atoms with Crippen LogP contribution in [0.25, 0.3) is 0 Å². The fourth-order valence-electron chi connectivity index (χ4n) is 1.25. The maximum absolute atomic E-state index is 8.67. The van der Waals surface area contributed by atoms with E-state index < -0.39 is 0 Å². The van der Waals surface area contributed by atoms with Crippen LogP contribution in [0.4, 0.5) is 5.82 Å². The Morgan fingerprint density at radius 3 is 3.06 bits per heavy atom. The first-order valence-electron chi connectivity index (χ1n) is 5.75. The molecule has 1 heterocycles. The van der Waals surface area contributed by atoms with Crippen molar-refractivity contribution < 1.29 is 5.11 Å². The molecule has 4 heteroatoms. The summed E-state index contributed by atoms with van der Waals surface area (Å²) in [5.74, 6) is 2.87. The second kappa shape index (κ2) is 8.42. The molecule has 0 aliphatic heterocycles. The minimum Gasteiger partial charge on any atom is -0.396 e. The highest BCUT2D eigenvalue weighted by Crippen LogP contribution is 2.13. The average molecular weight is 240 g/mol. The lowest BCUT2D eigenvalue weighted by Crippen LogP contribution is -2.02. The van der Waals surface area contributed by atoms with Crippen LogP contribution in [0, 0.1) is 0 Å². The van der Waals surface area contributed by atoms with Crippen molar-refractivity contribution >= 4 is 17.6 Å². The van der Waals surface area contributed by atoms with Gasteiger partial charge in [-0.25, -0.2) is 4.98 Å². The molecule has 0 unspecified atom stereocenters. The van der Waals surface area contributed by atoms with Crippen molar-refractivity contribution in [1.82, 2.24) is 4.98 Å². The van der Waals surface area contributed by atoms with Gasteiger partial charge in [0.25, 0.3) is 0 Å². The van der Waals surface area contributed by atoms with Crippen molar-refractivity contribution in [2.45, 2.75) is 25.5 Å². The van der Waals surface area contributed by atoms with Crippen molar-refractivity contribution in [3.05, 3.63) is 23.9 Å². The number of pyridine rings is 1. The molecule has 90 valence electrons. The minimum absolute atomic E-state index is 0.276. The number of hydrogen-bond acceptors (Lipinski definition) is 4. The summed E-state index contributed by atoms with van der Waals surface area (Å²) < 4.78 is 0. The third-order valence-electron chi connectivity index (χ3n) is 2.06. The Morgan fingerprint density at radius 2 is 2.31 bits per heavy atom. The molecule has 1 aromatic heterocycles. The molecule has 0 aliphatic rings. The lowest BCUT2D eigenvalue weighted by Gasteiger charge is -2.06. The van der Waals surface area contributed by atoms with Crippen molar-refractivity contribution in [1.29, 1.82) is 0 Å². The van der Waals surface area contributed by atoms with Crippen LogP contribution >= 0.6 is 11.8 Å². The van der Waals surface area contributed by atoms with Gasteiger partial charge >= 0.3 is 0 Å². The van der Waals surface area contributed by atoms with E-state index in [-0.39, 0.29) is 6.61 Å². The molecule has 0 bridgehead atoms. The zero-order valence-corrected chi connectivity index (χ0v) is 10.6. The predicted octanol–water partition coefficient (Wildman–Crippen LogP) is 2.52. The van der Waals surface area contributed by atoms with Gasteiger partial charge in [-0.1, -0.05) is 13.0 Å². The van der Waals surface area contributed by atoms with Crippen LogP contribution in [0.2, 0.25) is 0 Å². The van der Waals surface area contributed by atoms with Gasteiger partial charge in [0.2, 0.25) is 0 Å². The van der Waals surface area contributed by atoms with Crippen LogP contribution in [-0.2, 0) is 5.75 Å². The summed E-state index contributed by atoms with van der Waals surface area (Å²) in [4.78, 5) is 4.51. The Hall–Kier alpha value is -0.740. The van der Waals surface area contributed by atoms with E-state index in [0.29, 0.717) is 0 Å². The zero-order valence-electron chi connectivity index (χ0n) is 9.78. The van der Waals surface area contributed by atoms with E-state index >= 15 is 0 Å². The quantitative estimate of drug-likeness (QED) is 0.685. The molecule has 0 atom stereocenters. The maximum Gasteiger partial charge on any atom is 0.126 e. The normalized spacial score (nSPS) is 10.4. The molecule has 0 aliphatic carbocycles. The van der Waals surface area contributed by atoms with E-state index in [4.69, 9.17) is 5.11 Å². The first-order valence-corrected chi connectivity index (χ1v) is 6.90. The van der Waals surface area contributed by atoms with Crippen molar-refractivity contribution in [3.63, 3.8) is 0 Å². The number of hydrogen-bond donors (Lipinski definition) is 2. The van der Waals surface area contributed by atoms with Crippen LogP contribution in [-0.4, -0.2) is 29.0 Å². The molecule has 0 fully saturated rings. The van der Waals surface area contributed by atoms with E-state index in [2.05, 4.69) is 17.2 Å². The Kier molecular flexibility index (Phi) is 7.01. The van der Waals surface area contributed by atoms with Crippen molar-refractivity contribution in [2.75, 3.05) is 24.2 Å². The Labute approximate surface area is 102 Å². The monoisotopic (exact) mass is 240 g/mol. The number of anilines is 1. The van der Waals surface area contributed by atoms with Crippen molar-refractivity contribution in [3.8, 4) is 0 Å². The van der Waals surface area contributed by atoms with E-state index in [1.807, 2.05) is 30.0 Å². The second-order valence-corrected chi connectivity index (χ2v) is 4.68. The highest BCUT2D eigenvalue weighted by Gasteiger charge is 1.97. The van der Waals surface area contributed by atoms with Gasteiger partial charge in [0, 0.05) is 18.9 Å². The van der Waals surface area contributed by atoms with Gasteiger partial charge in [0.05, 0.1) is 5.69 Å². The molecule has 0 radical (unpaired) electrons. The van der Waals surface area contributed by atoms with Crippen LogP contribution in [0.1, 0.15) is 25.5 Å². The third kappa shape index (κ3) is 5.37. The number of aromatic nitrogens is 1. The fraction of sp³-hybridized carbons (Fsp3) is 0.583. The summed E-state index contributed by atoms with van der Waals surface area (Å²) in [5, 5.41) is 11.9. The van der Waals surface area contributed by atoms with Crippen LogP contribution in [0.15, 0.2) is 18.2 Å². The topological polar surface area (TPSA) is 45.1 Å². The van der Waals surface area contributed by atoms with Gasteiger partial charge in [-0.2, -0.15) is 11.8 Å². The molecule has 3 nitrogen and oxygen atoms in total. The number of nitrogens with zero attached hydrogens (tertiary/aromatic N) is 1. The van der Waals surface area contributed by atoms with E-state index in [9.17, 15) is 0 Å². The Morgan fingerprint density at radius 1 is 1.44 bits per heavy atom. The fourth-order valence-corrected chi connectivity index (χ4v) is 2.10. The smallest absolute Gasteiger partial charge is 0.126 e. The lowest BCUT2D eigenvalue weighted by atomic mass is 10.3. The number of thioether (sulfide) groups is 1. The minimum atomic E-state index is 0.276. The first kappa shape index (κ1) is 13.3. The molecule has 0 saturated heterocycles. The maximum atomic E-state index is 8.67. The van der Waals surface area contributed by atoms with Gasteiger partial charge in [-0.15, -0.1) is 0 Å². The van der Waals surface area contributed by atoms with Gasteiger partial charge < -0.3 is 10.4 Å². The van der Waals surface area contributed by atoms with E-state index in [1.54, 1.807) is 0 Å². The zero-order chi connectivity index (χ0) is 11.6. The molecule has 16 heavy (non-hydrogen) atoms. The summed E-state index contributed by atoms with van der Waals surface area (Å²) in [6, 6.07) is 6.08. The van der Waals surface area contributed by atoms with E-state index in [1.165, 1.54) is 0 Å². The predicted molar refractivity (Wildman–Crippen MR) is 70.9 cm³/mol. The van der Waals surface area contributed by atoms with Gasteiger partial charge in [-0.3, -0.25) is 0 Å². The summed E-state index contributed by atoms with van der Waals surface area (Å²) in [6.45, 7) is 3.38. The van der Waals surface area contributed by atoms with E-state index in [0.717, 1.165) is 42.4 Å². The molecular formula is C12H20N2OS. The van der Waals surface area contributed by atoms with Crippen LogP contribution < -0.4 is 5.32 Å². The Balaban J connectivity index is 2.35. The van der Waals surface area contributed by atoms with Gasteiger partial charge in [-0.05, 0) is 30.7 Å². The number of rotatable bonds is 8. The summed E-state index contributed by atoms with van der Waals surface area (Å²) in [6.07, 6.45) is 1.97. The molecule has 2 N–H and O–H groups in total. The molecular weight excluding hydrogens is 220 g/mol. The summed E-state index contributed by atoms with van der Waals surface area (Å²) in [7, 11) is 0. The Bertz CT molecular complexity index is 294. The highest BCUT2D eigenvalue weighted by atomic mass is 32.2. The highest BCUT2D eigenvalue weighted by molar-refractivity contribution is 7.98. The lowest BCUT2D eigenvalue weighted by molar-refractivity contribution is 0.296. The number of aliphatic hydroxyl groups is 1. The van der Waals surface area contributed by atoms with Gasteiger partial charge in [0.1, 0.15) is 5.82 Å². The first-order chi connectivity index (χ1) is 7.86. The van der Waals surface area contributed by atoms with Crippen LogP contribution in [0.5, 0.6) is 0 Å². The molecule has 0 saturated carbocycles. The van der Waals surface area contributed by atoms with Crippen LogP contribution in [0.3, 0.4) is 0 Å². The third-order valence-corrected chi connectivity index (χ3v) is 3.14. The standard InChI is InChI=1S/C12H20N2OS/c1-2-7-13-12-6-3-5-11(14-12)10-16-9-4-8-15/h3,5-6,15H,2,4,7-10H2,1H3,(H,13,14). The molecule has 0 aromatic carbocycles.